The molecule has 1 N–H and O–H groups in total. The van der Waals surface area contributed by atoms with Crippen molar-refractivity contribution in [2.24, 2.45) is 5.16 Å². The molecule has 1 amide bonds. The maximum atomic E-state index is 12.0. The van der Waals surface area contributed by atoms with E-state index in [4.69, 9.17) is 25.9 Å². The van der Waals surface area contributed by atoms with Crippen LogP contribution in [-0.2, 0) is 19.2 Å². The van der Waals surface area contributed by atoms with Gasteiger partial charge in [-0.25, -0.2) is 9.78 Å². The number of aromatic nitrogens is 1. The van der Waals surface area contributed by atoms with E-state index < -0.39 is 24.6 Å². The van der Waals surface area contributed by atoms with Gasteiger partial charge in [0.25, 0.3) is 5.91 Å². The number of hydrogen-bond acceptors (Lipinski definition) is 7. The van der Waals surface area contributed by atoms with Gasteiger partial charge in [0.05, 0.1) is 18.3 Å². The number of oxime groups is 1. The van der Waals surface area contributed by atoms with E-state index in [9.17, 15) is 9.59 Å². The molecular formula is C18H18ClN3O5. The Labute approximate surface area is 161 Å². The number of methoxy groups -OCH3 is 1. The van der Waals surface area contributed by atoms with Crippen molar-refractivity contribution in [1.82, 2.24) is 4.98 Å². The number of benzene rings is 1. The molecule has 1 heterocycles. The molecule has 0 saturated carbocycles. The molecule has 0 unspecified atom stereocenters. The number of hydrogen-bond donors (Lipinski definition) is 1. The van der Waals surface area contributed by atoms with E-state index in [0.717, 1.165) is 11.3 Å². The van der Waals surface area contributed by atoms with Crippen LogP contribution in [0.1, 0.15) is 12.5 Å². The van der Waals surface area contributed by atoms with Crippen LogP contribution < -0.4 is 10.1 Å². The van der Waals surface area contributed by atoms with E-state index in [1.54, 1.807) is 37.4 Å². The average molecular weight is 392 g/mol. The van der Waals surface area contributed by atoms with Crippen molar-refractivity contribution < 1.29 is 23.9 Å². The highest BCUT2D eigenvalue weighted by Crippen LogP contribution is 2.11. The van der Waals surface area contributed by atoms with Crippen LogP contribution in [0.5, 0.6) is 5.75 Å². The summed E-state index contributed by atoms with van der Waals surface area (Å²) >= 11 is 5.72. The molecule has 0 aliphatic heterocycles. The van der Waals surface area contributed by atoms with Gasteiger partial charge in [-0.1, -0.05) is 16.8 Å². The van der Waals surface area contributed by atoms with Gasteiger partial charge in [-0.05, 0) is 48.9 Å². The van der Waals surface area contributed by atoms with Crippen molar-refractivity contribution in [1.29, 1.82) is 0 Å². The first-order chi connectivity index (χ1) is 13.0. The lowest BCUT2D eigenvalue weighted by Gasteiger charge is -2.12. The first kappa shape index (κ1) is 20.2. The molecule has 0 saturated heterocycles. The molecule has 8 nitrogen and oxygen atoms in total. The van der Waals surface area contributed by atoms with Crippen LogP contribution in [0.25, 0.3) is 0 Å². The highest BCUT2D eigenvalue weighted by Gasteiger charge is 2.18. The Morgan fingerprint density at radius 2 is 2.00 bits per heavy atom. The first-order valence-corrected chi connectivity index (χ1v) is 8.27. The van der Waals surface area contributed by atoms with Gasteiger partial charge in [0.1, 0.15) is 11.6 Å². The van der Waals surface area contributed by atoms with Gasteiger partial charge in [0.2, 0.25) is 6.61 Å². The second-order valence-electron chi connectivity index (χ2n) is 5.26. The number of carbonyl (C=O) groups is 2. The first-order valence-electron chi connectivity index (χ1n) is 7.89. The highest BCUT2D eigenvalue weighted by atomic mass is 35.5. The SMILES string of the molecule is COc1ccc(/C=N\OCC(=O)O[C@H](C)C(=O)Nc2ccc(Cl)cn2)cc1. The minimum Gasteiger partial charge on any atom is -0.497 e. The predicted octanol–water partition coefficient (Wildman–Crippen LogP) is 2.66. The third-order valence-corrected chi connectivity index (χ3v) is 3.45. The van der Waals surface area contributed by atoms with Crippen LogP contribution in [0.4, 0.5) is 5.82 Å². The standard InChI is InChI=1S/C18H18ClN3O5/c1-12(18(24)22-16-8-5-14(19)10-20-16)27-17(23)11-26-21-9-13-3-6-15(25-2)7-4-13/h3-10,12H,11H2,1-2H3,(H,20,22,24)/b21-9-/t12-/m1/s1. The van der Waals surface area contributed by atoms with E-state index in [1.807, 2.05) is 0 Å². The lowest BCUT2D eigenvalue weighted by atomic mass is 10.2. The lowest BCUT2D eigenvalue weighted by Crippen LogP contribution is -2.31. The number of nitrogens with zero attached hydrogens (tertiary/aromatic N) is 2. The Hall–Kier alpha value is -3.13. The Morgan fingerprint density at radius 1 is 1.26 bits per heavy atom. The van der Waals surface area contributed by atoms with Gasteiger partial charge in [0.15, 0.2) is 6.10 Å². The molecule has 0 fully saturated rings. The molecule has 1 aromatic carbocycles. The maximum Gasteiger partial charge on any atom is 0.347 e. The van der Waals surface area contributed by atoms with Gasteiger partial charge < -0.3 is 19.6 Å². The molecule has 0 aliphatic carbocycles. The normalized spacial score (nSPS) is 11.7. The minimum absolute atomic E-state index is 0.299. The van der Waals surface area contributed by atoms with Gasteiger partial charge in [0, 0.05) is 6.20 Å². The maximum absolute atomic E-state index is 12.0. The third-order valence-electron chi connectivity index (χ3n) is 3.23. The fourth-order valence-electron chi connectivity index (χ4n) is 1.84. The summed E-state index contributed by atoms with van der Waals surface area (Å²) in [6, 6.07) is 10.2. The van der Waals surface area contributed by atoms with E-state index in [0.29, 0.717) is 10.8 Å². The molecular weight excluding hydrogens is 374 g/mol. The summed E-state index contributed by atoms with van der Waals surface area (Å²) in [5.74, 6) is -0.237. The molecule has 0 bridgehead atoms. The average Bonchev–Trinajstić information content (AvgIpc) is 2.67. The van der Waals surface area contributed by atoms with E-state index >= 15 is 0 Å². The summed E-state index contributed by atoms with van der Waals surface area (Å²) < 4.78 is 10.0. The van der Waals surface area contributed by atoms with Crippen LogP contribution in [0.3, 0.4) is 0 Å². The topological polar surface area (TPSA) is 99.1 Å². The second kappa shape index (κ2) is 10.1. The van der Waals surface area contributed by atoms with Crippen LogP contribution in [0, 0.1) is 0 Å². The van der Waals surface area contributed by atoms with Gasteiger partial charge in [-0.3, -0.25) is 4.79 Å². The summed E-state index contributed by atoms with van der Waals surface area (Å²) in [5, 5.41) is 6.63. The summed E-state index contributed by atoms with van der Waals surface area (Å²) in [6.45, 7) is 1.01. The fraction of sp³-hybridized carbons (Fsp3) is 0.222. The number of nitrogens with one attached hydrogen (secondary N) is 1. The number of ether oxygens (including phenoxy) is 2. The van der Waals surface area contributed by atoms with Gasteiger partial charge in [-0.15, -0.1) is 0 Å². The third kappa shape index (κ3) is 6.95. The number of pyridine rings is 1. The van der Waals surface area contributed by atoms with Gasteiger partial charge in [-0.2, -0.15) is 0 Å². The molecule has 0 aliphatic rings. The Kier molecular flexibility index (Phi) is 7.57. The molecule has 142 valence electrons. The second-order valence-corrected chi connectivity index (χ2v) is 5.70. The molecule has 1 aromatic heterocycles. The fourth-order valence-corrected chi connectivity index (χ4v) is 1.95. The lowest BCUT2D eigenvalue weighted by molar-refractivity contribution is -0.157. The molecule has 2 rings (SSSR count). The van der Waals surface area contributed by atoms with E-state index in [-0.39, 0.29) is 0 Å². The molecule has 9 heteroatoms. The van der Waals surface area contributed by atoms with Crippen molar-refractivity contribution in [3.63, 3.8) is 0 Å². The molecule has 1 atom stereocenters. The smallest absolute Gasteiger partial charge is 0.347 e. The zero-order valence-electron chi connectivity index (χ0n) is 14.7. The van der Waals surface area contributed by atoms with E-state index in [2.05, 4.69) is 15.5 Å². The van der Waals surface area contributed by atoms with Crippen molar-refractivity contribution in [3.05, 3.63) is 53.2 Å². The van der Waals surface area contributed by atoms with Crippen molar-refractivity contribution in [2.45, 2.75) is 13.0 Å². The number of amides is 1. The molecule has 0 radical (unpaired) electrons. The van der Waals surface area contributed by atoms with Crippen molar-refractivity contribution in [2.75, 3.05) is 19.0 Å². The van der Waals surface area contributed by atoms with Crippen LogP contribution in [0.15, 0.2) is 47.8 Å². The van der Waals surface area contributed by atoms with Crippen molar-refractivity contribution >= 4 is 35.5 Å². The molecule has 27 heavy (non-hydrogen) atoms. The number of carbonyl (C=O) groups excluding carboxylic acids is 2. The number of halogens is 1. The highest BCUT2D eigenvalue weighted by molar-refractivity contribution is 6.30. The zero-order chi connectivity index (χ0) is 19.6. The van der Waals surface area contributed by atoms with Crippen LogP contribution in [0.2, 0.25) is 5.02 Å². The summed E-state index contributed by atoms with van der Waals surface area (Å²) in [5.41, 5.74) is 0.771. The zero-order valence-corrected chi connectivity index (χ0v) is 15.5. The summed E-state index contributed by atoms with van der Waals surface area (Å²) in [4.78, 5) is 32.5. The number of esters is 1. The van der Waals surface area contributed by atoms with E-state index in [1.165, 1.54) is 25.4 Å². The summed E-state index contributed by atoms with van der Waals surface area (Å²) in [7, 11) is 1.57. The van der Waals surface area contributed by atoms with Crippen molar-refractivity contribution in [3.8, 4) is 5.75 Å². The van der Waals surface area contributed by atoms with Gasteiger partial charge >= 0.3 is 5.97 Å². The summed E-state index contributed by atoms with van der Waals surface area (Å²) in [6.07, 6.45) is 1.81. The molecule has 0 spiro atoms. The monoisotopic (exact) mass is 391 g/mol. The number of rotatable bonds is 8. The largest absolute Gasteiger partial charge is 0.497 e. The Bertz CT molecular complexity index is 794. The Morgan fingerprint density at radius 3 is 2.63 bits per heavy atom. The predicted molar refractivity (Wildman–Crippen MR) is 100.0 cm³/mol. The Balaban J connectivity index is 1.72. The van der Waals surface area contributed by atoms with Crippen LogP contribution in [-0.4, -0.2) is 42.9 Å². The number of anilines is 1. The molecule has 2 aromatic rings. The quantitative estimate of drug-likeness (QED) is 0.422. The van der Waals surface area contributed by atoms with Crippen LogP contribution >= 0.6 is 11.6 Å². The minimum atomic E-state index is -1.02.